The van der Waals surface area contributed by atoms with Gasteiger partial charge in [-0.25, -0.2) is 4.98 Å². The first-order chi connectivity index (χ1) is 13.0. The summed E-state index contributed by atoms with van der Waals surface area (Å²) in [4.78, 5) is 11.9. The van der Waals surface area contributed by atoms with Crippen LogP contribution in [0, 0.1) is 19.8 Å². The van der Waals surface area contributed by atoms with Gasteiger partial charge in [0, 0.05) is 42.6 Å². The van der Waals surface area contributed by atoms with E-state index in [9.17, 15) is 0 Å². The average Bonchev–Trinajstić information content (AvgIpc) is 2.99. The van der Waals surface area contributed by atoms with E-state index in [1.54, 1.807) is 0 Å². The van der Waals surface area contributed by atoms with Crippen molar-refractivity contribution in [3.63, 3.8) is 0 Å². The lowest BCUT2D eigenvalue weighted by molar-refractivity contribution is 0.129. The van der Waals surface area contributed by atoms with Crippen LogP contribution >= 0.6 is 0 Å². The van der Waals surface area contributed by atoms with E-state index < -0.39 is 0 Å². The molecule has 0 radical (unpaired) electrons. The monoisotopic (exact) mass is 363 g/mol. The molecule has 0 amide bonds. The summed E-state index contributed by atoms with van der Waals surface area (Å²) in [6, 6.07) is 9.11. The Morgan fingerprint density at radius 2 is 1.93 bits per heavy atom. The second-order valence-electron chi connectivity index (χ2n) is 8.09. The molecule has 1 fully saturated rings. The highest BCUT2D eigenvalue weighted by Crippen LogP contribution is 2.28. The molecule has 0 aromatic carbocycles. The lowest BCUT2D eigenvalue weighted by atomic mass is 9.90. The zero-order chi connectivity index (χ0) is 19.0. The number of nitrogens with zero attached hydrogens (tertiary/aromatic N) is 5. The van der Waals surface area contributed by atoms with Gasteiger partial charge in [-0.2, -0.15) is 5.10 Å². The number of aryl methyl sites for hydroxylation is 3. The molecule has 27 heavy (non-hydrogen) atoms. The summed E-state index contributed by atoms with van der Waals surface area (Å²) in [5, 5.41) is 5.57. The van der Waals surface area contributed by atoms with Crippen LogP contribution in [0.3, 0.4) is 0 Å². The first-order valence-electron chi connectivity index (χ1n) is 9.96. The Morgan fingerprint density at radius 1 is 1.15 bits per heavy atom. The second-order valence-corrected chi connectivity index (χ2v) is 8.09. The SMILES string of the molecule is Cc1cc(C[C@H]2CCCN([C@@H](C)c3ccc4cn(C)nc4n3)C2)cc(C)n1. The van der Waals surface area contributed by atoms with Crippen molar-refractivity contribution < 1.29 is 0 Å². The predicted molar refractivity (Wildman–Crippen MR) is 109 cm³/mol. The minimum absolute atomic E-state index is 0.320. The van der Waals surface area contributed by atoms with Crippen molar-refractivity contribution in [3.8, 4) is 0 Å². The van der Waals surface area contributed by atoms with Crippen molar-refractivity contribution >= 4 is 11.0 Å². The molecule has 0 saturated carbocycles. The molecule has 0 N–H and O–H groups in total. The average molecular weight is 364 g/mol. The molecule has 1 aliphatic heterocycles. The zero-order valence-electron chi connectivity index (χ0n) is 16.8. The fraction of sp³-hybridized carbons (Fsp3) is 0.500. The van der Waals surface area contributed by atoms with Crippen LogP contribution in [0.1, 0.15) is 48.5 Å². The Morgan fingerprint density at radius 3 is 2.70 bits per heavy atom. The molecule has 5 nitrogen and oxygen atoms in total. The van der Waals surface area contributed by atoms with Gasteiger partial charge in [0.25, 0.3) is 0 Å². The molecule has 0 unspecified atom stereocenters. The van der Waals surface area contributed by atoms with Crippen LogP contribution in [0.15, 0.2) is 30.5 Å². The van der Waals surface area contributed by atoms with Gasteiger partial charge in [-0.15, -0.1) is 0 Å². The number of hydrogen-bond donors (Lipinski definition) is 0. The normalized spacial score (nSPS) is 19.5. The summed E-state index contributed by atoms with van der Waals surface area (Å²) in [6.07, 6.45) is 5.72. The lowest BCUT2D eigenvalue weighted by Gasteiger charge is -2.36. The van der Waals surface area contributed by atoms with Gasteiger partial charge in [0.2, 0.25) is 0 Å². The molecule has 142 valence electrons. The fourth-order valence-electron chi connectivity index (χ4n) is 4.44. The maximum atomic E-state index is 4.82. The molecule has 0 spiro atoms. The molecule has 0 bridgehead atoms. The molecule has 3 aromatic heterocycles. The molecule has 5 heteroatoms. The number of rotatable bonds is 4. The van der Waals surface area contributed by atoms with Crippen molar-refractivity contribution in [1.29, 1.82) is 0 Å². The summed E-state index contributed by atoms with van der Waals surface area (Å²) in [6.45, 7) is 8.73. The standard InChI is InChI=1S/C22H29N5/c1-15-10-19(11-16(2)23-15)12-18-6-5-9-27(13-18)17(3)21-8-7-20-14-26(4)25-22(20)24-21/h7-8,10-11,14,17-18H,5-6,9,12-13H2,1-4H3/t17-,18+/m0/s1. The van der Waals surface area contributed by atoms with E-state index in [2.05, 4.69) is 60.0 Å². The van der Waals surface area contributed by atoms with Crippen LogP contribution in [-0.4, -0.2) is 37.7 Å². The van der Waals surface area contributed by atoms with E-state index >= 15 is 0 Å². The van der Waals surface area contributed by atoms with Crippen LogP contribution in [0.2, 0.25) is 0 Å². The van der Waals surface area contributed by atoms with Crippen LogP contribution in [-0.2, 0) is 13.5 Å². The number of piperidine rings is 1. The van der Waals surface area contributed by atoms with Gasteiger partial charge in [0.1, 0.15) is 0 Å². The smallest absolute Gasteiger partial charge is 0.181 e. The van der Waals surface area contributed by atoms with Gasteiger partial charge in [-0.05, 0) is 82.3 Å². The third-order valence-corrected chi connectivity index (χ3v) is 5.70. The second kappa shape index (κ2) is 7.39. The molecule has 1 aliphatic rings. The molecule has 0 aliphatic carbocycles. The van der Waals surface area contributed by atoms with Crippen molar-refractivity contribution in [2.45, 2.75) is 46.1 Å². The summed E-state index contributed by atoms with van der Waals surface area (Å²) >= 11 is 0. The highest BCUT2D eigenvalue weighted by Gasteiger charge is 2.25. The summed E-state index contributed by atoms with van der Waals surface area (Å²) in [5.74, 6) is 0.695. The Bertz CT molecular complexity index is 925. The summed E-state index contributed by atoms with van der Waals surface area (Å²) in [7, 11) is 1.95. The Balaban J connectivity index is 1.47. The van der Waals surface area contributed by atoms with E-state index in [-0.39, 0.29) is 0 Å². The maximum Gasteiger partial charge on any atom is 0.181 e. The first-order valence-corrected chi connectivity index (χ1v) is 9.96. The van der Waals surface area contributed by atoms with Crippen molar-refractivity contribution in [1.82, 2.24) is 24.6 Å². The number of hydrogen-bond acceptors (Lipinski definition) is 4. The van der Waals surface area contributed by atoms with Gasteiger partial charge >= 0.3 is 0 Å². The predicted octanol–water partition coefficient (Wildman–Crippen LogP) is 4.00. The molecule has 4 rings (SSSR count). The van der Waals surface area contributed by atoms with Gasteiger partial charge < -0.3 is 0 Å². The summed E-state index contributed by atoms with van der Waals surface area (Å²) < 4.78 is 1.84. The zero-order valence-corrected chi connectivity index (χ0v) is 16.8. The Kier molecular flexibility index (Phi) is 4.96. The van der Waals surface area contributed by atoms with Gasteiger partial charge in [0.05, 0.1) is 5.69 Å². The van der Waals surface area contributed by atoms with Gasteiger partial charge in [-0.3, -0.25) is 14.6 Å². The van der Waals surface area contributed by atoms with E-state index in [1.165, 1.54) is 18.4 Å². The topological polar surface area (TPSA) is 46.8 Å². The van der Waals surface area contributed by atoms with Crippen LogP contribution in [0.4, 0.5) is 0 Å². The largest absolute Gasteiger partial charge is 0.295 e. The highest BCUT2D eigenvalue weighted by molar-refractivity contribution is 5.73. The van der Waals surface area contributed by atoms with E-state index in [4.69, 9.17) is 4.98 Å². The fourth-order valence-corrected chi connectivity index (χ4v) is 4.44. The van der Waals surface area contributed by atoms with E-state index in [0.29, 0.717) is 12.0 Å². The third kappa shape index (κ3) is 4.03. The van der Waals surface area contributed by atoms with Crippen LogP contribution < -0.4 is 0 Å². The summed E-state index contributed by atoms with van der Waals surface area (Å²) in [5.41, 5.74) is 5.64. The van der Waals surface area contributed by atoms with Crippen LogP contribution in [0.25, 0.3) is 11.0 Å². The minimum Gasteiger partial charge on any atom is -0.295 e. The molecule has 1 saturated heterocycles. The van der Waals surface area contributed by atoms with E-state index in [0.717, 1.165) is 47.6 Å². The lowest BCUT2D eigenvalue weighted by Crippen LogP contribution is -2.38. The molecule has 2 atom stereocenters. The third-order valence-electron chi connectivity index (χ3n) is 5.70. The quantitative estimate of drug-likeness (QED) is 0.703. The Labute approximate surface area is 161 Å². The van der Waals surface area contributed by atoms with Gasteiger partial charge in [-0.1, -0.05) is 0 Å². The van der Waals surface area contributed by atoms with Crippen molar-refractivity contribution in [3.05, 3.63) is 53.1 Å². The highest BCUT2D eigenvalue weighted by atomic mass is 15.3. The Hall–Kier alpha value is -2.27. The minimum atomic E-state index is 0.320. The number of fused-ring (bicyclic) bond motifs is 1. The molecule has 3 aromatic rings. The van der Waals surface area contributed by atoms with Crippen LogP contribution in [0.5, 0.6) is 0 Å². The molecular formula is C22H29N5. The van der Waals surface area contributed by atoms with Crippen molar-refractivity contribution in [2.24, 2.45) is 13.0 Å². The van der Waals surface area contributed by atoms with Crippen molar-refractivity contribution in [2.75, 3.05) is 13.1 Å². The van der Waals surface area contributed by atoms with Gasteiger partial charge in [0.15, 0.2) is 5.65 Å². The van der Waals surface area contributed by atoms with E-state index in [1.807, 2.05) is 17.9 Å². The molecule has 4 heterocycles. The first kappa shape index (κ1) is 18.1. The maximum absolute atomic E-state index is 4.82. The number of likely N-dealkylation sites (tertiary alicyclic amines) is 1. The number of aromatic nitrogens is 4. The number of pyridine rings is 2. The molecular weight excluding hydrogens is 334 g/mol.